The van der Waals surface area contributed by atoms with Gasteiger partial charge in [0.2, 0.25) is 5.91 Å². The third-order valence-corrected chi connectivity index (χ3v) is 4.69. The van der Waals surface area contributed by atoms with Crippen LogP contribution in [0.4, 0.5) is 5.69 Å². The molecule has 21 heavy (non-hydrogen) atoms. The molecule has 0 spiro atoms. The molecule has 2 bridgehead atoms. The first kappa shape index (κ1) is 13.9. The van der Waals surface area contributed by atoms with Crippen LogP contribution in [0.5, 0.6) is 0 Å². The second-order valence-corrected chi connectivity index (χ2v) is 6.15. The monoisotopic (exact) mass is 285 g/mol. The summed E-state index contributed by atoms with van der Waals surface area (Å²) in [6.07, 6.45) is 4.72. The molecule has 1 aromatic rings. The van der Waals surface area contributed by atoms with E-state index in [2.05, 4.69) is 5.32 Å². The third kappa shape index (κ3) is 2.35. The number of carboxylic acid groups (broad SMARTS) is 1. The molecule has 0 saturated heterocycles. The predicted molar refractivity (Wildman–Crippen MR) is 79.9 cm³/mol. The van der Waals surface area contributed by atoms with Gasteiger partial charge in [0.1, 0.15) is 0 Å². The third-order valence-electron chi connectivity index (χ3n) is 4.69. The van der Waals surface area contributed by atoms with Crippen molar-refractivity contribution in [1.82, 2.24) is 0 Å². The van der Waals surface area contributed by atoms with E-state index in [9.17, 15) is 14.7 Å². The molecule has 0 radical (unpaired) electrons. The first-order chi connectivity index (χ1) is 9.97. The second kappa shape index (κ2) is 5.02. The number of allylic oxidation sites excluding steroid dienone is 2. The van der Waals surface area contributed by atoms with Crippen LogP contribution < -0.4 is 5.32 Å². The largest absolute Gasteiger partial charge is 0.481 e. The highest BCUT2D eigenvalue weighted by molar-refractivity contribution is 5.96. The normalized spacial score (nSPS) is 29.6. The van der Waals surface area contributed by atoms with Gasteiger partial charge < -0.3 is 10.4 Å². The van der Waals surface area contributed by atoms with Gasteiger partial charge in [-0.3, -0.25) is 9.59 Å². The molecule has 0 aromatic heterocycles. The van der Waals surface area contributed by atoms with Crippen molar-refractivity contribution in [1.29, 1.82) is 0 Å². The Morgan fingerprint density at radius 1 is 1.14 bits per heavy atom. The molecule has 0 aliphatic heterocycles. The van der Waals surface area contributed by atoms with E-state index in [1.54, 1.807) is 0 Å². The molecule has 4 nitrogen and oxygen atoms in total. The summed E-state index contributed by atoms with van der Waals surface area (Å²) in [5.74, 6) is -2.04. The summed E-state index contributed by atoms with van der Waals surface area (Å²) in [6.45, 7) is 3.94. The molecular formula is C17H19NO3. The Hall–Kier alpha value is -2.10. The predicted octanol–water partition coefficient (Wildman–Crippen LogP) is 2.76. The molecule has 2 aliphatic carbocycles. The summed E-state index contributed by atoms with van der Waals surface area (Å²) < 4.78 is 0. The number of aryl methyl sites for hydroxylation is 2. The maximum atomic E-state index is 12.5. The van der Waals surface area contributed by atoms with Crippen LogP contribution >= 0.6 is 0 Å². The topological polar surface area (TPSA) is 66.4 Å². The van der Waals surface area contributed by atoms with Gasteiger partial charge in [0.05, 0.1) is 11.8 Å². The van der Waals surface area contributed by atoms with Gasteiger partial charge in [0.15, 0.2) is 0 Å². The van der Waals surface area contributed by atoms with Crippen LogP contribution in [0.3, 0.4) is 0 Å². The highest BCUT2D eigenvalue weighted by Gasteiger charge is 2.51. The Bertz CT molecular complexity index is 635. The summed E-state index contributed by atoms with van der Waals surface area (Å²) in [6, 6.07) is 5.82. The Morgan fingerprint density at radius 3 is 2.43 bits per heavy atom. The summed E-state index contributed by atoms with van der Waals surface area (Å²) in [7, 11) is 0. The number of carbonyl (C=O) groups is 2. The van der Waals surface area contributed by atoms with Gasteiger partial charge in [-0.25, -0.2) is 0 Å². The second-order valence-electron chi connectivity index (χ2n) is 6.15. The van der Waals surface area contributed by atoms with Crippen molar-refractivity contribution in [2.24, 2.45) is 23.7 Å². The number of anilines is 1. The number of fused-ring (bicyclic) bond motifs is 2. The van der Waals surface area contributed by atoms with Crippen molar-refractivity contribution in [3.8, 4) is 0 Å². The van der Waals surface area contributed by atoms with E-state index in [4.69, 9.17) is 0 Å². The maximum Gasteiger partial charge on any atom is 0.307 e. The molecule has 0 unspecified atom stereocenters. The summed E-state index contributed by atoms with van der Waals surface area (Å²) in [5, 5.41) is 12.3. The molecule has 3 rings (SSSR count). The minimum absolute atomic E-state index is 0.00219. The van der Waals surface area contributed by atoms with Crippen molar-refractivity contribution in [2.75, 3.05) is 5.32 Å². The highest BCUT2D eigenvalue weighted by Crippen LogP contribution is 2.48. The summed E-state index contributed by atoms with van der Waals surface area (Å²) in [4.78, 5) is 24.0. The maximum absolute atomic E-state index is 12.5. The lowest BCUT2D eigenvalue weighted by Crippen LogP contribution is -2.36. The standard InChI is InChI=1S/C17H19NO3/c1-9-3-6-13(10(2)7-9)18-16(19)14-11-4-5-12(8-11)15(14)17(20)21/h3-7,11-12,14-15H,8H2,1-2H3,(H,18,19)(H,20,21)/t11-,12-,14+,15-/m0/s1. The zero-order valence-electron chi connectivity index (χ0n) is 12.2. The molecular weight excluding hydrogens is 266 g/mol. The van der Waals surface area contributed by atoms with E-state index in [-0.39, 0.29) is 17.7 Å². The first-order valence-corrected chi connectivity index (χ1v) is 7.26. The first-order valence-electron chi connectivity index (χ1n) is 7.26. The van der Waals surface area contributed by atoms with Crippen LogP contribution in [0, 0.1) is 37.5 Å². The Kier molecular flexibility index (Phi) is 3.32. The molecule has 1 aromatic carbocycles. The summed E-state index contributed by atoms with van der Waals surface area (Å²) >= 11 is 0. The molecule has 2 N–H and O–H groups in total. The van der Waals surface area contributed by atoms with Gasteiger partial charge >= 0.3 is 5.97 Å². The number of aliphatic carboxylic acids is 1. The fourth-order valence-electron chi connectivity index (χ4n) is 3.69. The van der Waals surface area contributed by atoms with Gasteiger partial charge in [-0.1, -0.05) is 29.8 Å². The zero-order valence-corrected chi connectivity index (χ0v) is 12.2. The Labute approximate surface area is 123 Å². The average Bonchev–Trinajstić information content (AvgIpc) is 3.02. The quantitative estimate of drug-likeness (QED) is 0.839. The van der Waals surface area contributed by atoms with Crippen LogP contribution in [-0.4, -0.2) is 17.0 Å². The minimum Gasteiger partial charge on any atom is -0.481 e. The number of hydrogen-bond donors (Lipinski definition) is 2. The molecule has 4 atom stereocenters. The molecule has 1 amide bonds. The van der Waals surface area contributed by atoms with E-state index < -0.39 is 17.8 Å². The lowest BCUT2D eigenvalue weighted by molar-refractivity contribution is -0.146. The number of carboxylic acids is 1. The SMILES string of the molecule is Cc1ccc(NC(=O)[C@H]2[C@@H](C(=O)O)[C@H]3C=C[C@H]2C3)c(C)c1. The van der Waals surface area contributed by atoms with Crippen molar-refractivity contribution in [3.05, 3.63) is 41.5 Å². The average molecular weight is 285 g/mol. The number of amides is 1. The van der Waals surface area contributed by atoms with Crippen LogP contribution in [0.2, 0.25) is 0 Å². The molecule has 110 valence electrons. The van der Waals surface area contributed by atoms with Gasteiger partial charge in [-0.15, -0.1) is 0 Å². The Balaban J connectivity index is 1.82. The zero-order chi connectivity index (χ0) is 15.1. The van der Waals surface area contributed by atoms with Gasteiger partial charge in [-0.05, 0) is 43.7 Å². The highest BCUT2D eigenvalue weighted by atomic mass is 16.4. The van der Waals surface area contributed by atoms with Crippen molar-refractivity contribution in [2.45, 2.75) is 20.3 Å². The van der Waals surface area contributed by atoms with Crippen LogP contribution in [-0.2, 0) is 9.59 Å². The van der Waals surface area contributed by atoms with E-state index >= 15 is 0 Å². The molecule has 2 aliphatic rings. The number of carbonyl (C=O) groups excluding carboxylic acids is 1. The fraction of sp³-hybridized carbons (Fsp3) is 0.412. The molecule has 1 fully saturated rings. The number of nitrogens with one attached hydrogen (secondary N) is 1. The van der Waals surface area contributed by atoms with E-state index in [1.165, 1.54) is 0 Å². The van der Waals surface area contributed by atoms with E-state index in [0.717, 1.165) is 23.2 Å². The van der Waals surface area contributed by atoms with Crippen molar-refractivity contribution < 1.29 is 14.7 Å². The molecule has 0 heterocycles. The van der Waals surface area contributed by atoms with E-state index in [1.807, 2.05) is 44.2 Å². The van der Waals surface area contributed by atoms with Crippen LogP contribution in [0.15, 0.2) is 30.4 Å². The van der Waals surface area contributed by atoms with Crippen LogP contribution in [0.1, 0.15) is 17.5 Å². The van der Waals surface area contributed by atoms with Crippen molar-refractivity contribution >= 4 is 17.6 Å². The minimum atomic E-state index is -0.868. The van der Waals surface area contributed by atoms with Crippen LogP contribution in [0.25, 0.3) is 0 Å². The number of hydrogen-bond acceptors (Lipinski definition) is 2. The smallest absolute Gasteiger partial charge is 0.307 e. The number of benzene rings is 1. The lowest BCUT2D eigenvalue weighted by Gasteiger charge is -2.24. The molecule has 1 saturated carbocycles. The molecule has 4 heteroatoms. The van der Waals surface area contributed by atoms with E-state index in [0.29, 0.717) is 0 Å². The fourth-order valence-corrected chi connectivity index (χ4v) is 3.69. The summed E-state index contributed by atoms with van der Waals surface area (Å²) in [5.41, 5.74) is 2.90. The van der Waals surface area contributed by atoms with Gasteiger partial charge in [0.25, 0.3) is 0 Å². The van der Waals surface area contributed by atoms with Gasteiger partial charge in [-0.2, -0.15) is 0 Å². The van der Waals surface area contributed by atoms with Crippen molar-refractivity contribution in [3.63, 3.8) is 0 Å². The lowest BCUT2D eigenvalue weighted by atomic mass is 9.82. The Morgan fingerprint density at radius 2 is 1.81 bits per heavy atom. The van der Waals surface area contributed by atoms with Gasteiger partial charge in [0, 0.05) is 5.69 Å². The number of rotatable bonds is 3.